The third-order valence-corrected chi connectivity index (χ3v) is 2.86. The van der Waals surface area contributed by atoms with Crippen LogP contribution in [0.15, 0.2) is 36.4 Å². The van der Waals surface area contributed by atoms with Gasteiger partial charge >= 0.3 is 6.03 Å². The molecule has 1 heterocycles. The molecule has 0 bridgehead atoms. The number of carbonyl (C=O) groups excluding carboxylic acids is 2. The second-order valence-electron chi connectivity index (χ2n) is 4.78. The van der Waals surface area contributed by atoms with Crippen LogP contribution in [0.4, 0.5) is 10.6 Å². The minimum absolute atomic E-state index is 0.125. The van der Waals surface area contributed by atoms with Gasteiger partial charge in [-0.05, 0) is 19.1 Å². The van der Waals surface area contributed by atoms with Crippen LogP contribution in [0.3, 0.4) is 0 Å². The molecule has 0 spiro atoms. The number of urea groups is 1. The van der Waals surface area contributed by atoms with Gasteiger partial charge in [0, 0.05) is 26.1 Å². The summed E-state index contributed by atoms with van der Waals surface area (Å²) in [7, 11) is 0. The van der Waals surface area contributed by atoms with Crippen LogP contribution in [0.2, 0.25) is 0 Å². The fraction of sp³-hybridized carbons (Fsp3) is 0.267. The molecule has 3 N–H and O–H groups in total. The van der Waals surface area contributed by atoms with Crippen molar-refractivity contribution in [3.8, 4) is 5.69 Å². The number of amides is 3. The maximum atomic E-state index is 11.9. The monoisotopic (exact) mass is 301 g/mol. The summed E-state index contributed by atoms with van der Waals surface area (Å²) in [5, 5.41) is 12.4. The molecule has 116 valence electrons. The molecular weight excluding hydrogens is 282 g/mol. The van der Waals surface area contributed by atoms with E-state index in [2.05, 4.69) is 21.0 Å². The largest absolute Gasteiger partial charge is 0.355 e. The number of aryl methyl sites for hydroxylation is 1. The van der Waals surface area contributed by atoms with Gasteiger partial charge in [0.1, 0.15) is 5.82 Å². The van der Waals surface area contributed by atoms with Gasteiger partial charge in [-0.15, -0.1) is 0 Å². The summed E-state index contributed by atoms with van der Waals surface area (Å²) in [4.78, 5) is 22.6. The zero-order chi connectivity index (χ0) is 15.9. The number of aromatic nitrogens is 2. The Balaban J connectivity index is 1.98. The maximum absolute atomic E-state index is 11.9. The number of hydrogen-bond donors (Lipinski definition) is 3. The number of para-hydroxylation sites is 1. The highest BCUT2D eigenvalue weighted by molar-refractivity contribution is 5.88. The van der Waals surface area contributed by atoms with Crippen molar-refractivity contribution in [2.75, 3.05) is 18.4 Å². The van der Waals surface area contributed by atoms with E-state index < -0.39 is 0 Å². The first-order chi connectivity index (χ1) is 10.6. The average molecular weight is 301 g/mol. The summed E-state index contributed by atoms with van der Waals surface area (Å²) in [5.41, 5.74) is 1.67. The molecule has 7 heteroatoms. The Hall–Kier alpha value is -2.83. The van der Waals surface area contributed by atoms with Crippen molar-refractivity contribution >= 4 is 17.8 Å². The summed E-state index contributed by atoms with van der Waals surface area (Å²) >= 11 is 0. The molecule has 1 aromatic heterocycles. The van der Waals surface area contributed by atoms with Gasteiger partial charge in [0.15, 0.2) is 0 Å². The Morgan fingerprint density at radius 1 is 1.14 bits per heavy atom. The van der Waals surface area contributed by atoms with E-state index >= 15 is 0 Å². The van der Waals surface area contributed by atoms with Crippen molar-refractivity contribution < 1.29 is 9.59 Å². The first-order valence-electron chi connectivity index (χ1n) is 6.97. The van der Waals surface area contributed by atoms with Crippen LogP contribution in [0.1, 0.15) is 12.6 Å². The molecule has 0 saturated heterocycles. The molecule has 22 heavy (non-hydrogen) atoms. The molecule has 0 aliphatic carbocycles. The van der Waals surface area contributed by atoms with Crippen LogP contribution in [-0.2, 0) is 4.79 Å². The highest BCUT2D eigenvalue weighted by Crippen LogP contribution is 2.16. The minimum Gasteiger partial charge on any atom is -0.355 e. The van der Waals surface area contributed by atoms with Crippen LogP contribution in [0, 0.1) is 6.92 Å². The minimum atomic E-state index is -0.345. The summed E-state index contributed by atoms with van der Waals surface area (Å²) in [6.07, 6.45) is 0. The summed E-state index contributed by atoms with van der Waals surface area (Å²) in [6, 6.07) is 11.0. The summed E-state index contributed by atoms with van der Waals surface area (Å²) < 4.78 is 1.67. The van der Waals surface area contributed by atoms with Gasteiger partial charge in [-0.1, -0.05) is 18.2 Å². The van der Waals surface area contributed by atoms with Gasteiger partial charge in [0.2, 0.25) is 5.91 Å². The van der Waals surface area contributed by atoms with Crippen molar-refractivity contribution in [3.05, 3.63) is 42.1 Å². The van der Waals surface area contributed by atoms with Crippen LogP contribution in [0.5, 0.6) is 0 Å². The first kappa shape index (κ1) is 15.6. The lowest BCUT2D eigenvalue weighted by atomic mass is 10.3. The molecule has 0 atom stereocenters. The molecule has 0 aliphatic heterocycles. The van der Waals surface area contributed by atoms with E-state index in [-0.39, 0.29) is 11.9 Å². The quantitative estimate of drug-likeness (QED) is 0.730. The van der Waals surface area contributed by atoms with Crippen molar-refractivity contribution in [1.29, 1.82) is 0 Å². The van der Waals surface area contributed by atoms with E-state index in [4.69, 9.17) is 0 Å². The molecule has 7 nitrogen and oxygen atoms in total. The number of nitrogens with zero attached hydrogens (tertiary/aromatic N) is 2. The summed E-state index contributed by atoms with van der Waals surface area (Å²) in [5.74, 6) is 0.459. The predicted molar refractivity (Wildman–Crippen MR) is 84.0 cm³/mol. The van der Waals surface area contributed by atoms with E-state index in [0.717, 1.165) is 11.4 Å². The fourth-order valence-corrected chi connectivity index (χ4v) is 1.93. The molecule has 0 unspecified atom stereocenters. The third-order valence-electron chi connectivity index (χ3n) is 2.86. The predicted octanol–water partition coefficient (Wildman–Crippen LogP) is 1.44. The third kappa shape index (κ3) is 4.34. The zero-order valence-electron chi connectivity index (χ0n) is 12.6. The molecule has 2 aromatic rings. The second kappa shape index (κ2) is 7.26. The van der Waals surface area contributed by atoms with Gasteiger partial charge in [-0.25, -0.2) is 9.48 Å². The van der Waals surface area contributed by atoms with Gasteiger partial charge in [-0.3, -0.25) is 10.1 Å². The number of nitrogens with one attached hydrogen (secondary N) is 3. The Morgan fingerprint density at radius 2 is 1.82 bits per heavy atom. The average Bonchev–Trinajstić information content (AvgIpc) is 2.85. The molecule has 0 saturated carbocycles. The lowest BCUT2D eigenvalue weighted by Gasteiger charge is -2.10. The lowest BCUT2D eigenvalue weighted by Crippen LogP contribution is -2.36. The lowest BCUT2D eigenvalue weighted by molar-refractivity contribution is -0.118. The van der Waals surface area contributed by atoms with Gasteiger partial charge < -0.3 is 10.6 Å². The smallest absolute Gasteiger partial charge is 0.320 e. The highest BCUT2D eigenvalue weighted by Gasteiger charge is 2.10. The van der Waals surface area contributed by atoms with E-state index in [9.17, 15) is 9.59 Å². The van der Waals surface area contributed by atoms with Gasteiger partial charge in [0.05, 0.1) is 11.4 Å². The fourth-order valence-electron chi connectivity index (χ4n) is 1.93. The Kier molecular flexibility index (Phi) is 5.13. The van der Waals surface area contributed by atoms with Crippen molar-refractivity contribution in [1.82, 2.24) is 20.4 Å². The topological polar surface area (TPSA) is 88.1 Å². The number of carbonyl (C=O) groups is 2. The van der Waals surface area contributed by atoms with Crippen LogP contribution >= 0.6 is 0 Å². The molecule has 2 rings (SSSR count). The molecule has 0 radical (unpaired) electrons. The second-order valence-corrected chi connectivity index (χ2v) is 4.78. The number of hydrogen-bond acceptors (Lipinski definition) is 3. The van der Waals surface area contributed by atoms with Crippen LogP contribution in [0.25, 0.3) is 5.69 Å². The number of anilines is 1. The highest BCUT2D eigenvalue weighted by atomic mass is 16.2. The molecule has 1 aromatic carbocycles. The Morgan fingerprint density at radius 3 is 2.50 bits per heavy atom. The first-order valence-corrected chi connectivity index (χ1v) is 6.97. The Bertz CT molecular complexity index is 651. The normalized spacial score (nSPS) is 10.1. The molecule has 0 fully saturated rings. The number of benzene rings is 1. The van der Waals surface area contributed by atoms with E-state index in [1.54, 1.807) is 10.7 Å². The van der Waals surface area contributed by atoms with Gasteiger partial charge in [0.25, 0.3) is 0 Å². The van der Waals surface area contributed by atoms with Crippen molar-refractivity contribution in [3.63, 3.8) is 0 Å². The zero-order valence-corrected chi connectivity index (χ0v) is 12.6. The maximum Gasteiger partial charge on any atom is 0.320 e. The van der Waals surface area contributed by atoms with Gasteiger partial charge in [-0.2, -0.15) is 5.10 Å². The van der Waals surface area contributed by atoms with Crippen molar-refractivity contribution in [2.24, 2.45) is 0 Å². The Labute approximate surface area is 128 Å². The SMILES string of the molecule is CC(=O)NCCNC(=O)Nc1cc(C)nn1-c1ccccc1. The van der Waals surface area contributed by atoms with Crippen LogP contribution < -0.4 is 16.0 Å². The van der Waals surface area contributed by atoms with E-state index in [1.807, 2.05) is 37.3 Å². The summed E-state index contributed by atoms with van der Waals surface area (Å²) in [6.45, 7) is 4.03. The van der Waals surface area contributed by atoms with Crippen LogP contribution in [-0.4, -0.2) is 34.8 Å². The van der Waals surface area contributed by atoms with E-state index in [0.29, 0.717) is 18.9 Å². The molecule has 3 amide bonds. The van der Waals surface area contributed by atoms with E-state index in [1.165, 1.54) is 6.92 Å². The standard InChI is InChI=1S/C15H19N5O2/c1-11-10-14(18-15(22)17-9-8-16-12(2)21)20(19-11)13-6-4-3-5-7-13/h3-7,10H,8-9H2,1-2H3,(H,16,21)(H2,17,18,22). The van der Waals surface area contributed by atoms with Crippen molar-refractivity contribution in [2.45, 2.75) is 13.8 Å². The molecular formula is C15H19N5O2. The molecule has 0 aliphatic rings. The number of rotatable bonds is 5.